The second-order valence-electron chi connectivity index (χ2n) is 5.87. The molecule has 0 amide bonds. The van der Waals surface area contributed by atoms with Crippen LogP contribution < -0.4 is 10.1 Å². The van der Waals surface area contributed by atoms with Crippen molar-refractivity contribution in [1.29, 1.82) is 0 Å². The Labute approximate surface area is 126 Å². The Morgan fingerprint density at radius 3 is 3.05 bits per heavy atom. The summed E-state index contributed by atoms with van der Waals surface area (Å²) in [6, 6.07) is 6.46. The first-order valence-corrected chi connectivity index (χ1v) is 7.82. The zero-order valence-corrected chi connectivity index (χ0v) is 12.7. The third-order valence-corrected chi connectivity index (χ3v) is 4.01. The van der Waals surface area contributed by atoms with Crippen LogP contribution in [0.5, 0.6) is 5.75 Å². The van der Waals surface area contributed by atoms with E-state index in [0.29, 0.717) is 5.92 Å². The van der Waals surface area contributed by atoms with Crippen molar-refractivity contribution in [3.8, 4) is 5.75 Å². The number of fused-ring (bicyclic) bond motifs is 1. The van der Waals surface area contributed by atoms with Crippen molar-refractivity contribution in [3.05, 3.63) is 29.3 Å². The Hall–Kier alpha value is -1.55. The van der Waals surface area contributed by atoms with E-state index < -0.39 is 5.97 Å². The topological polar surface area (TPSA) is 58.6 Å². The molecule has 1 aromatic carbocycles. The van der Waals surface area contributed by atoms with Gasteiger partial charge in [0.25, 0.3) is 0 Å². The van der Waals surface area contributed by atoms with Gasteiger partial charge in [0.2, 0.25) is 0 Å². The first-order chi connectivity index (χ1) is 10.1. The zero-order chi connectivity index (χ0) is 15.1. The van der Waals surface area contributed by atoms with Gasteiger partial charge in [-0.3, -0.25) is 4.79 Å². The molecule has 116 valence electrons. The van der Waals surface area contributed by atoms with Crippen LogP contribution in [0, 0.1) is 5.92 Å². The fourth-order valence-electron chi connectivity index (χ4n) is 2.62. The summed E-state index contributed by atoms with van der Waals surface area (Å²) < 4.78 is 5.51. The number of ether oxygens (including phenoxy) is 1. The first-order valence-electron chi connectivity index (χ1n) is 7.82. The number of carboxylic acids is 1. The second-order valence-corrected chi connectivity index (χ2v) is 5.87. The summed E-state index contributed by atoms with van der Waals surface area (Å²) in [7, 11) is 0. The number of aliphatic carboxylic acids is 1. The molecule has 21 heavy (non-hydrogen) atoms. The summed E-state index contributed by atoms with van der Waals surface area (Å²) in [5.41, 5.74) is 2.68. The largest absolute Gasteiger partial charge is 0.493 e. The molecule has 0 bridgehead atoms. The lowest BCUT2D eigenvalue weighted by molar-refractivity contribution is -0.137. The lowest BCUT2D eigenvalue weighted by Crippen LogP contribution is -2.20. The van der Waals surface area contributed by atoms with Crippen LogP contribution in [0.2, 0.25) is 0 Å². The van der Waals surface area contributed by atoms with Crippen LogP contribution in [0.3, 0.4) is 0 Å². The highest BCUT2D eigenvalue weighted by Crippen LogP contribution is 2.25. The first kappa shape index (κ1) is 15.8. The van der Waals surface area contributed by atoms with Gasteiger partial charge in [-0.2, -0.15) is 0 Å². The van der Waals surface area contributed by atoms with Gasteiger partial charge in [-0.15, -0.1) is 0 Å². The minimum absolute atomic E-state index is 0.276. The van der Waals surface area contributed by atoms with E-state index in [4.69, 9.17) is 9.84 Å². The molecule has 1 aliphatic heterocycles. The molecule has 1 aromatic rings. The van der Waals surface area contributed by atoms with Crippen molar-refractivity contribution in [2.45, 2.75) is 39.0 Å². The van der Waals surface area contributed by atoms with Gasteiger partial charge in [0, 0.05) is 12.8 Å². The highest BCUT2D eigenvalue weighted by molar-refractivity contribution is 5.66. The normalized spacial score (nSPS) is 14.5. The van der Waals surface area contributed by atoms with E-state index in [1.807, 2.05) is 0 Å². The van der Waals surface area contributed by atoms with Gasteiger partial charge in [0.05, 0.1) is 6.61 Å². The Morgan fingerprint density at radius 2 is 2.24 bits per heavy atom. The fraction of sp³-hybridized carbons (Fsp3) is 0.588. The molecular formula is C17H25NO3. The van der Waals surface area contributed by atoms with Crippen LogP contribution >= 0.6 is 0 Å². The lowest BCUT2D eigenvalue weighted by atomic mass is 10.0. The summed E-state index contributed by atoms with van der Waals surface area (Å²) in [4.78, 5) is 10.5. The summed E-state index contributed by atoms with van der Waals surface area (Å²) >= 11 is 0. The summed E-state index contributed by atoms with van der Waals surface area (Å²) in [6.07, 6.45) is 4.12. The van der Waals surface area contributed by atoms with Crippen LogP contribution in [-0.4, -0.2) is 30.8 Å². The maximum absolute atomic E-state index is 10.5. The standard InChI is InChI=1S/C17H25NO3/c1-13(2-5-17(19)20)6-9-18-10-7-14-3-4-16-15(12-14)8-11-21-16/h3-4,12-13,18H,2,5-11H2,1H3,(H,19,20). The van der Waals surface area contributed by atoms with E-state index in [-0.39, 0.29) is 6.42 Å². The molecule has 0 saturated carbocycles. The summed E-state index contributed by atoms with van der Waals surface area (Å²) in [5.74, 6) is 0.806. The molecular weight excluding hydrogens is 266 g/mol. The van der Waals surface area contributed by atoms with Gasteiger partial charge in [-0.25, -0.2) is 0 Å². The Morgan fingerprint density at radius 1 is 1.38 bits per heavy atom. The second kappa shape index (κ2) is 8.03. The molecule has 0 aromatic heterocycles. The van der Waals surface area contributed by atoms with Crippen LogP contribution in [0.25, 0.3) is 0 Å². The fourth-order valence-corrected chi connectivity index (χ4v) is 2.62. The Balaban J connectivity index is 1.58. The van der Waals surface area contributed by atoms with Crippen molar-refractivity contribution in [3.63, 3.8) is 0 Å². The van der Waals surface area contributed by atoms with Gasteiger partial charge >= 0.3 is 5.97 Å². The summed E-state index contributed by atoms with van der Waals surface area (Å²) in [5, 5.41) is 12.1. The maximum atomic E-state index is 10.5. The SMILES string of the molecule is CC(CCNCCc1ccc2c(c1)CCO2)CCC(=O)O. The van der Waals surface area contributed by atoms with Crippen LogP contribution in [0.15, 0.2) is 18.2 Å². The smallest absolute Gasteiger partial charge is 0.303 e. The third-order valence-electron chi connectivity index (χ3n) is 4.01. The molecule has 1 atom stereocenters. The van der Waals surface area contributed by atoms with Crippen molar-refractivity contribution < 1.29 is 14.6 Å². The van der Waals surface area contributed by atoms with Crippen LogP contribution in [0.4, 0.5) is 0 Å². The average Bonchev–Trinajstić information content (AvgIpc) is 2.92. The maximum Gasteiger partial charge on any atom is 0.303 e. The molecule has 0 radical (unpaired) electrons. The van der Waals surface area contributed by atoms with Crippen LogP contribution in [0.1, 0.15) is 37.3 Å². The number of nitrogens with one attached hydrogen (secondary N) is 1. The quantitative estimate of drug-likeness (QED) is 0.687. The minimum Gasteiger partial charge on any atom is -0.493 e. The third kappa shape index (κ3) is 5.38. The number of carbonyl (C=O) groups is 1. The van der Waals surface area contributed by atoms with Crippen molar-refractivity contribution in [1.82, 2.24) is 5.32 Å². The molecule has 4 nitrogen and oxygen atoms in total. The Kier molecular flexibility index (Phi) is 6.05. The van der Waals surface area contributed by atoms with E-state index in [1.165, 1.54) is 11.1 Å². The molecule has 0 aliphatic carbocycles. The van der Waals surface area contributed by atoms with E-state index in [1.54, 1.807) is 0 Å². The average molecular weight is 291 g/mol. The molecule has 0 saturated heterocycles. The monoisotopic (exact) mass is 291 g/mol. The molecule has 2 N–H and O–H groups in total. The van der Waals surface area contributed by atoms with Crippen molar-refractivity contribution >= 4 is 5.97 Å². The number of hydrogen-bond donors (Lipinski definition) is 2. The predicted molar refractivity (Wildman–Crippen MR) is 82.9 cm³/mol. The molecule has 0 spiro atoms. The predicted octanol–water partition coefficient (Wildman–Crippen LogP) is 2.64. The number of rotatable bonds is 9. The van der Waals surface area contributed by atoms with Gasteiger partial charge < -0.3 is 15.2 Å². The minimum atomic E-state index is -0.699. The highest BCUT2D eigenvalue weighted by Gasteiger charge is 2.11. The van der Waals surface area contributed by atoms with Gasteiger partial charge in [-0.1, -0.05) is 19.1 Å². The van der Waals surface area contributed by atoms with Crippen LogP contribution in [-0.2, 0) is 17.6 Å². The summed E-state index contributed by atoms with van der Waals surface area (Å²) in [6.45, 7) is 4.84. The molecule has 2 rings (SSSR count). The molecule has 4 heteroatoms. The zero-order valence-electron chi connectivity index (χ0n) is 12.7. The van der Waals surface area contributed by atoms with Crippen molar-refractivity contribution in [2.24, 2.45) is 5.92 Å². The van der Waals surface area contributed by atoms with Gasteiger partial charge in [-0.05, 0) is 55.5 Å². The lowest BCUT2D eigenvalue weighted by Gasteiger charge is -2.11. The highest BCUT2D eigenvalue weighted by atomic mass is 16.5. The van der Waals surface area contributed by atoms with Crippen molar-refractivity contribution in [2.75, 3.05) is 19.7 Å². The van der Waals surface area contributed by atoms with E-state index in [0.717, 1.165) is 51.1 Å². The molecule has 1 aliphatic rings. The molecule has 1 heterocycles. The molecule has 1 unspecified atom stereocenters. The number of benzene rings is 1. The van der Waals surface area contributed by atoms with E-state index >= 15 is 0 Å². The van der Waals surface area contributed by atoms with Gasteiger partial charge in [0.15, 0.2) is 0 Å². The molecule has 0 fully saturated rings. The number of carboxylic acid groups (broad SMARTS) is 1. The van der Waals surface area contributed by atoms with E-state index in [2.05, 4.69) is 30.4 Å². The van der Waals surface area contributed by atoms with E-state index in [9.17, 15) is 4.79 Å². The Bertz CT molecular complexity index is 473. The number of hydrogen-bond acceptors (Lipinski definition) is 3. The van der Waals surface area contributed by atoms with Gasteiger partial charge in [0.1, 0.15) is 5.75 Å².